The number of nitrogens with one attached hydrogen (secondary N) is 1. The van der Waals surface area contributed by atoms with E-state index in [1.807, 2.05) is 112 Å². The maximum atomic E-state index is 13.3. The normalized spacial score (nSPS) is 15.1. The van der Waals surface area contributed by atoms with Gasteiger partial charge in [0.1, 0.15) is 28.9 Å². The fourth-order valence-corrected chi connectivity index (χ4v) is 5.28. The SMILES string of the molecule is CCOc1cccc2c1cc(C(=O)Nc1ccc(O[C@H]3CCN(c4ccc(C(=O)OC(C)(C)C)cc4)C3)cc1)n2CC. The molecule has 1 aliphatic rings. The minimum atomic E-state index is -0.524. The molecule has 1 fully saturated rings. The molecule has 1 aliphatic heterocycles. The molecule has 0 spiro atoms. The van der Waals surface area contributed by atoms with E-state index in [0.29, 0.717) is 30.1 Å². The number of benzene rings is 3. The molecule has 1 saturated heterocycles. The van der Waals surface area contributed by atoms with Crippen molar-refractivity contribution in [1.82, 2.24) is 4.57 Å². The zero-order valence-electron chi connectivity index (χ0n) is 25.0. The first-order valence-electron chi connectivity index (χ1n) is 14.6. The first-order chi connectivity index (χ1) is 20.1. The average Bonchev–Trinajstić information content (AvgIpc) is 3.59. The number of ether oxygens (including phenoxy) is 3. The van der Waals surface area contributed by atoms with Crippen LogP contribution in [0.1, 0.15) is 61.9 Å². The molecule has 2 heterocycles. The summed E-state index contributed by atoms with van der Waals surface area (Å²) in [6.07, 6.45) is 0.924. The van der Waals surface area contributed by atoms with Gasteiger partial charge in [-0.1, -0.05) is 6.07 Å². The Labute approximate surface area is 247 Å². The lowest BCUT2D eigenvalue weighted by Crippen LogP contribution is -2.25. The fraction of sp³-hybridized carbons (Fsp3) is 0.353. The number of esters is 1. The monoisotopic (exact) mass is 569 g/mol. The van der Waals surface area contributed by atoms with Gasteiger partial charge in [-0.2, -0.15) is 0 Å². The zero-order chi connectivity index (χ0) is 29.9. The van der Waals surface area contributed by atoms with Gasteiger partial charge in [-0.05, 0) is 101 Å². The predicted molar refractivity (Wildman–Crippen MR) is 166 cm³/mol. The predicted octanol–water partition coefficient (Wildman–Crippen LogP) is 6.93. The lowest BCUT2D eigenvalue weighted by molar-refractivity contribution is 0.00694. The lowest BCUT2D eigenvalue weighted by Gasteiger charge is -2.21. The summed E-state index contributed by atoms with van der Waals surface area (Å²) in [4.78, 5) is 27.8. The molecule has 3 aromatic carbocycles. The molecule has 1 amide bonds. The van der Waals surface area contributed by atoms with Crippen LogP contribution in [0.4, 0.5) is 11.4 Å². The molecule has 5 rings (SSSR count). The van der Waals surface area contributed by atoms with Crippen LogP contribution in [0, 0.1) is 0 Å². The summed E-state index contributed by atoms with van der Waals surface area (Å²) >= 11 is 0. The molecule has 0 radical (unpaired) electrons. The number of aryl methyl sites for hydroxylation is 1. The molecule has 0 unspecified atom stereocenters. The molecule has 8 nitrogen and oxygen atoms in total. The van der Waals surface area contributed by atoms with Crippen molar-refractivity contribution in [2.24, 2.45) is 0 Å². The van der Waals surface area contributed by atoms with E-state index in [4.69, 9.17) is 14.2 Å². The smallest absolute Gasteiger partial charge is 0.338 e. The first-order valence-corrected chi connectivity index (χ1v) is 14.6. The second kappa shape index (κ2) is 12.2. The molecule has 4 aromatic rings. The minimum absolute atomic E-state index is 0.0377. The summed E-state index contributed by atoms with van der Waals surface area (Å²) in [5.41, 5.74) is 3.32. The molecule has 8 heteroatoms. The summed E-state index contributed by atoms with van der Waals surface area (Å²) in [5.74, 6) is 1.04. The van der Waals surface area contributed by atoms with E-state index in [0.717, 1.165) is 47.6 Å². The standard InChI is InChI=1S/C34H39N3O5/c1-6-37-29-9-8-10-31(40-7-2)28(29)21-30(37)32(38)35-24-13-17-26(18-14-24)41-27-19-20-36(22-27)25-15-11-23(12-16-25)33(39)42-34(3,4)5/h8-18,21,27H,6-7,19-20,22H2,1-5H3,(H,35,38)/t27-/m0/s1. The molecule has 0 bridgehead atoms. The van der Waals surface area contributed by atoms with Crippen LogP contribution in [0.3, 0.4) is 0 Å². The van der Waals surface area contributed by atoms with Gasteiger partial charge in [0, 0.05) is 36.3 Å². The molecular weight excluding hydrogens is 530 g/mol. The van der Waals surface area contributed by atoms with Crippen LogP contribution in [0.15, 0.2) is 72.8 Å². The van der Waals surface area contributed by atoms with Crippen LogP contribution in [0.25, 0.3) is 10.9 Å². The van der Waals surface area contributed by atoms with Crippen LogP contribution in [0.2, 0.25) is 0 Å². The Morgan fingerprint density at radius 2 is 1.71 bits per heavy atom. The van der Waals surface area contributed by atoms with Crippen molar-refractivity contribution in [3.05, 3.63) is 84.1 Å². The minimum Gasteiger partial charge on any atom is -0.493 e. The number of hydrogen-bond donors (Lipinski definition) is 1. The van der Waals surface area contributed by atoms with Crippen molar-refractivity contribution in [1.29, 1.82) is 0 Å². The van der Waals surface area contributed by atoms with E-state index in [-0.39, 0.29) is 18.0 Å². The Bertz CT molecular complexity index is 1550. The van der Waals surface area contributed by atoms with Crippen molar-refractivity contribution >= 4 is 34.2 Å². The Morgan fingerprint density at radius 3 is 2.38 bits per heavy atom. The highest BCUT2D eigenvalue weighted by Crippen LogP contribution is 2.30. The van der Waals surface area contributed by atoms with Gasteiger partial charge in [0.25, 0.3) is 5.91 Å². The highest BCUT2D eigenvalue weighted by molar-refractivity contribution is 6.07. The van der Waals surface area contributed by atoms with Gasteiger partial charge >= 0.3 is 5.97 Å². The van der Waals surface area contributed by atoms with Crippen LogP contribution >= 0.6 is 0 Å². The van der Waals surface area contributed by atoms with E-state index < -0.39 is 5.60 Å². The van der Waals surface area contributed by atoms with Crippen molar-refractivity contribution in [3.8, 4) is 11.5 Å². The van der Waals surface area contributed by atoms with Crippen LogP contribution in [-0.4, -0.2) is 47.8 Å². The lowest BCUT2D eigenvalue weighted by atomic mass is 10.1. The molecule has 220 valence electrons. The van der Waals surface area contributed by atoms with Crippen molar-refractivity contribution in [2.45, 2.75) is 59.3 Å². The number of aromatic nitrogens is 1. The summed E-state index contributed by atoms with van der Waals surface area (Å²) < 4.78 is 19.5. The van der Waals surface area contributed by atoms with Gasteiger partial charge in [0.2, 0.25) is 0 Å². The third kappa shape index (κ3) is 6.54. The van der Waals surface area contributed by atoms with Crippen LogP contribution in [0.5, 0.6) is 11.5 Å². The molecule has 0 aliphatic carbocycles. The van der Waals surface area contributed by atoms with Crippen LogP contribution < -0.4 is 19.7 Å². The van der Waals surface area contributed by atoms with Crippen LogP contribution in [-0.2, 0) is 11.3 Å². The van der Waals surface area contributed by atoms with Gasteiger partial charge in [0.05, 0.1) is 24.2 Å². The Kier molecular flexibility index (Phi) is 8.43. The number of hydrogen-bond acceptors (Lipinski definition) is 6. The Morgan fingerprint density at radius 1 is 0.976 bits per heavy atom. The summed E-state index contributed by atoms with van der Waals surface area (Å²) in [6, 6.07) is 22.8. The summed E-state index contributed by atoms with van der Waals surface area (Å²) in [7, 11) is 0. The van der Waals surface area contributed by atoms with Gasteiger partial charge in [0.15, 0.2) is 0 Å². The zero-order valence-corrected chi connectivity index (χ0v) is 25.0. The van der Waals surface area contributed by atoms with E-state index in [2.05, 4.69) is 10.2 Å². The van der Waals surface area contributed by atoms with Crippen molar-refractivity contribution < 1.29 is 23.8 Å². The van der Waals surface area contributed by atoms with E-state index in [1.165, 1.54) is 0 Å². The topological polar surface area (TPSA) is 82.0 Å². The Balaban J connectivity index is 1.18. The Hall–Kier alpha value is -4.46. The number of rotatable bonds is 9. The van der Waals surface area contributed by atoms with E-state index >= 15 is 0 Å². The molecule has 1 N–H and O–H groups in total. The highest BCUT2D eigenvalue weighted by atomic mass is 16.6. The molecule has 1 aromatic heterocycles. The first kappa shape index (κ1) is 29.0. The number of anilines is 2. The third-order valence-electron chi connectivity index (χ3n) is 7.18. The number of carbonyl (C=O) groups is 2. The average molecular weight is 570 g/mol. The molecule has 42 heavy (non-hydrogen) atoms. The molecule has 0 saturated carbocycles. The maximum Gasteiger partial charge on any atom is 0.338 e. The third-order valence-corrected chi connectivity index (χ3v) is 7.18. The number of carbonyl (C=O) groups excluding carboxylic acids is 2. The number of nitrogens with zero attached hydrogens (tertiary/aromatic N) is 2. The van der Waals surface area contributed by atoms with Gasteiger partial charge in [-0.15, -0.1) is 0 Å². The van der Waals surface area contributed by atoms with Crippen molar-refractivity contribution in [3.63, 3.8) is 0 Å². The highest BCUT2D eigenvalue weighted by Gasteiger charge is 2.25. The summed E-state index contributed by atoms with van der Waals surface area (Å²) in [5, 5.41) is 3.95. The number of fused-ring (bicyclic) bond motifs is 1. The largest absolute Gasteiger partial charge is 0.493 e. The second-order valence-electron chi connectivity index (χ2n) is 11.4. The van der Waals surface area contributed by atoms with Gasteiger partial charge in [-0.3, -0.25) is 4.79 Å². The van der Waals surface area contributed by atoms with Crippen molar-refractivity contribution in [2.75, 3.05) is 29.9 Å². The summed E-state index contributed by atoms with van der Waals surface area (Å²) in [6.45, 7) is 12.4. The molecule has 1 atom stereocenters. The fourth-order valence-electron chi connectivity index (χ4n) is 5.28. The van der Waals surface area contributed by atoms with E-state index in [9.17, 15) is 9.59 Å². The van der Waals surface area contributed by atoms with Gasteiger partial charge < -0.3 is 29.0 Å². The number of amides is 1. The van der Waals surface area contributed by atoms with Gasteiger partial charge in [-0.25, -0.2) is 4.79 Å². The molecular formula is C34H39N3O5. The quantitative estimate of drug-likeness (QED) is 0.220. The second-order valence-corrected chi connectivity index (χ2v) is 11.4. The van der Waals surface area contributed by atoms with E-state index in [1.54, 1.807) is 0 Å². The maximum absolute atomic E-state index is 13.3.